The number of rotatable bonds is 5. The Morgan fingerprint density at radius 1 is 1.32 bits per heavy atom. The summed E-state index contributed by atoms with van der Waals surface area (Å²) in [5.74, 6) is 6.55. The lowest BCUT2D eigenvalue weighted by molar-refractivity contribution is 0.238. The molecule has 0 aliphatic heterocycles. The van der Waals surface area contributed by atoms with Crippen molar-refractivity contribution in [1.82, 2.24) is 15.0 Å². The maximum absolute atomic E-state index is 5.84. The van der Waals surface area contributed by atoms with Crippen LogP contribution in [0.2, 0.25) is 0 Å². The highest BCUT2D eigenvalue weighted by molar-refractivity contribution is 5.39. The highest BCUT2D eigenvalue weighted by Crippen LogP contribution is 2.29. The fourth-order valence-electron chi connectivity index (χ4n) is 2.06. The van der Waals surface area contributed by atoms with E-state index in [2.05, 4.69) is 10.4 Å². The van der Waals surface area contributed by atoms with Gasteiger partial charge in [-0.05, 0) is 19.9 Å². The minimum atomic E-state index is -0.151. The van der Waals surface area contributed by atoms with Crippen molar-refractivity contribution in [2.45, 2.75) is 26.0 Å². The van der Waals surface area contributed by atoms with Gasteiger partial charge in [0.2, 0.25) is 0 Å². The fourth-order valence-corrected chi connectivity index (χ4v) is 2.06. The zero-order chi connectivity index (χ0) is 13.8. The van der Waals surface area contributed by atoms with Crippen molar-refractivity contribution in [3.8, 4) is 5.75 Å². The lowest BCUT2D eigenvalue weighted by Crippen LogP contribution is -2.30. The van der Waals surface area contributed by atoms with E-state index in [1.165, 1.54) is 0 Å². The average Bonchev–Trinajstić information content (AvgIpc) is 2.78. The largest absolute Gasteiger partial charge is 0.491 e. The second kappa shape index (κ2) is 5.86. The number of aryl methyl sites for hydroxylation is 1. The number of aromatic nitrogens is 2. The van der Waals surface area contributed by atoms with E-state index in [4.69, 9.17) is 10.6 Å². The zero-order valence-corrected chi connectivity index (χ0v) is 11.5. The molecular formula is C14H20N4O. The van der Waals surface area contributed by atoms with Gasteiger partial charge in [0.1, 0.15) is 5.75 Å². The van der Waals surface area contributed by atoms with Gasteiger partial charge in [-0.15, -0.1) is 0 Å². The van der Waals surface area contributed by atoms with E-state index in [1.807, 2.05) is 49.7 Å². The molecule has 0 aliphatic carbocycles. The zero-order valence-electron chi connectivity index (χ0n) is 11.5. The summed E-state index contributed by atoms with van der Waals surface area (Å²) in [6.07, 6.45) is 3.67. The number of nitrogens with two attached hydrogens (primary N) is 1. The van der Waals surface area contributed by atoms with Crippen LogP contribution < -0.4 is 16.0 Å². The molecule has 1 heterocycles. The molecule has 2 rings (SSSR count). The van der Waals surface area contributed by atoms with Gasteiger partial charge in [-0.2, -0.15) is 0 Å². The van der Waals surface area contributed by atoms with Crippen molar-refractivity contribution in [1.29, 1.82) is 0 Å². The molecule has 0 bridgehead atoms. The van der Waals surface area contributed by atoms with E-state index in [1.54, 1.807) is 12.5 Å². The van der Waals surface area contributed by atoms with Gasteiger partial charge in [0.05, 0.1) is 30.4 Å². The van der Waals surface area contributed by atoms with Crippen molar-refractivity contribution >= 4 is 0 Å². The quantitative estimate of drug-likeness (QED) is 0.635. The molecule has 0 saturated carbocycles. The number of imidazole rings is 1. The molecule has 0 spiro atoms. The predicted molar refractivity (Wildman–Crippen MR) is 74.6 cm³/mol. The Bertz CT molecular complexity index is 536. The van der Waals surface area contributed by atoms with Crippen LogP contribution in [-0.4, -0.2) is 15.7 Å². The summed E-state index contributed by atoms with van der Waals surface area (Å²) in [6.45, 7) is 4.01. The SMILES string of the molecule is CC(C)Oc1ccccc1C(NN)c1cncn1C. The second-order valence-corrected chi connectivity index (χ2v) is 4.73. The standard InChI is InChI=1S/C14H20N4O/c1-10(2)19-13-7-5-4-6-11(13)14(17-15)12-8-16-9-18(12)3/h4-10,14,17H,15H2,1-3H3. The van der Waals surface area contributed by atoms with Crippen molar-refractivity contribution in [3.05, 3.63) is 48.0 Å². The van der Waals surface area contributed by atoms with Crippen LogP contribution in [0.4, 0.5) is 0 Å². The summed E-state index contributed by atoms with van der Waals surface area (Å²) in [5, 5.41) is 0. The highest BCUT2D eigenvalue weighted by atomic mass is 16.5. The van der Waals surface area contributed by atoms with Crippen molar-refractivity contribution in [3.63, 3.8) is 0 Å². The number of hydrogen-bond acceptors (Lipinski definition) is 4. The Kier molecular flexibility index (Phi) is 4.19. The smallest absolute Gasteiger partial charge is 0.124 e. The summed E-state index contributed by atoms with van der Waals surface area (Å²) in [6, 6.07) is 7.74. The van der Waals surface area contributed by atoms with Crippen LogP contribution in [0.3, 0.4) is 0 Å². The molecule has 0 fully saturated rings. The Morgan fingerprint density at radius 2 is 2.05 bits per heavy atom. The number of ether oxygens (including phenoxy) is 1. The van der Waals surface area contributed by atoms with Gasteiger partial charge in [-0.25, -0.2) is 10.4 Å². The average molecular weight is 260 g/mol. The Balaban J connectivity index is 2.41. The van der Waals surface area contributed by atoms with Gasteiger partial charge < -0.3 is 9.30 Å². The number of benzene rings is 1. The lowest BCUT2D eigenvalue weighted by Gasteiger charge is -2.21. The van der Waals surface area contributed by atoms with Crippen LogP contribution >= 0.6 is 0 Å². The molecule has 2 aromatic rings. The van der Waals surface area contributed by atoms with Gasteiger partial charge in [0.15, 0.2) is 0 Å². The summed E-state index contributed by atoms with van der Waals surface area (Å²) >= 11 is 0. The molecule has 1 aromatic heterocycles. The van der Waals surface area contributed by atoms with Gasteiger partial charge in [0, 0.05) is 12.6 Å². The van der Waals surface area contributed by atoms with Crippen molar-refractivity contribution in [2.24, 2.45) is 12.9 Å². The highest BCUT2D eigenvalue weighted by Gasteiger charge is 2.19. The Morgan fingerprint density at radius 3 is 2.63 bits per heavy atom. The first kappa shape index (κ1) is 13.6. The van der Waals surface area contributed by atoms with Gasteiger partial charge in [-0.1, -0.05) is 18.2 Å². The predicted octanol–water partition coefficient (Wildman–Crippen LogP) is 1.76. The maximum Gasteiger partial charge on any atom is 0.124 e. The third-order valence-corrected chi connectivity index (χ3v) is 2.91. The van der Waals surface area contributed by atoms with Crippen LogP contribution in [0.15, 0.2) is 36.8 Å². The van der Waals surface area contributed by atoms with Gasteiger partial charge >= 0.3 is 0 Å². The molecule has 0 amide bonds. The summed E-state index contributed by atoms with van der Waals surface area (Å²) in [4.78, 5) is 4.13. The molecule has 5 heteroatoms. The van der Waals surface area contributed by atoms with Crippen LogP contribution in [-0.2, 0) is 7.05 Å². The maximum atomic E-state index is 5.84. The first-order valence-electron chi connectivity index (χ1n) is 6.31. The third kappa shape index (κ3) is 2.94. The number of nitrogens with one attached hydrogen (secondary N) is 1. The Hall–Kier alpha value is -1.85. The van der Waals surface area contributed by atoms with E-state index >= 15 is 0 Å². The van der Waals surface area contributed by atoms with E-state index in [0.717, 1.165) is 17.0 Å². The van der Waals surface area contributed by atoms with Crippen LogP contribution in [0.25, 0.3) is 0 Å². The molecule has 0 saturated heterocycles. The molecule has 0 radical (unpaired) electrons. The van der Waals surface area contributed by atoms with Gasteiger partial charge in [0.25, 0.3) is 0 Å². The number of para-hydroxylation sites is 1. The number of hydrogen-bond donors (Lipinski definition) is 2. The number of nitrogens with zero attached hydrogens (tertiary/aromatic N) is 2. The fraction of sp³-hybridized carbons (Fsp3) is 0.357. The molecular weight excluding hydrogens is 240 g/mol. The van der Waals surface area contributed by atoms with E-state index in [0.29, 0.717) is 0 Å². The molecule has 0 aliphatic rings. The van der Waals surface area contributed by atoms with Crippen LogP contribution in [0, 0.1) is 0 Å². The van der Waals surface area contributed by atoms with Gasteiger partial charge in [-0.3, -0.25) is 5.84 Å². The lowest BCUT2D eigenvalue weighted by atomic mass is 10.0. The van der Waals surface area contributed by atoms with Crippen LogP contribution in [0.1, 0.15) is 31.1 Å². The van der Waals surface area contributed by atoms with E-state index in [-0.39, 0.29) is 12.1 Å². The molecule has 1 aromatic carbocycles. The molecule has 3 N–H and O–H groups in total. The third-order valence-electron chi connectivity index (χ3n) is 2.91. The summed E-state index contributed by atoms with van der Waals surface area (Å²) in [5.41, 5.74) is 4.82. The number of hydrazine groups is 1. The first-order valence-corrected chi connectivity index (χ1v) is 6.31. The Labute approximate surface area is 113 Å². The minimum Gasteiger partial charge on any atom is -0.491 e. The van der Waals surface area contributed by atoms with Crippen molar-refractivity contribution < 1.29 is 4.74 Å². The van der Waals surface area contributed by atoms with E-state index < -0.39 is 0 Å². The first-order chi connectivity index (χ1) is 9.13. The molecule has 1 atom stereocenters. The topological polar surface area (TPSA) is 65.1 Å². The molecule has 1 unspecified atom stereocenters. The van der Waals surface area contributed by atoms with E-state index in [9.17, 15) is 0 Å². The van der Waals surface area contributed by atoms with Crippen LogP contribution in [0.5, 0.6) is 5.75 Å². The monoisotopic (exact) mass is 260 g/mol. The normalized spacial score (nSPS) is 12.7. The summed E-state index contributed by atoms with van der Waals surface area (Å²) < 4.78 is 7.78. The minimum absolute atomic E-state index is 0.117. The molecule has 102 valence electrons. The van der Waals surface area contributed by atoms with Crippen molar-refractivity contribution in [2.75, 3.05) is 0 Å². The second-order valence-electron chi connectivity index (χ2n) is 4.73. The summed E-state index contributed by atoms with van der Waals surface area (Å²) in [7, 11) is 1.94. The molecule has 19 heavy (non-hydrogen) atoms. The molecule has 5 nitrogen and oxygen atoms in total.